The topological polar surface area (TPSA) is 179 Å². The summed E-state index contributed by atoms with van der Waals surface area (Å²) in [5.74, 6) is -2.10. The second-order valence-corrected chi connectivity index (χ2v) is 7.87. The minimum Gasteiger partial charge on any atom is -0.515 e. The maximum Gasteiger partial charge on any atom is 0.207 e. The van der Waals surface area contributed by atoms with Crippen LogP contribution in [0.2, 0.25) is 0 Å². The van der Waals surface area contributed by atoms with Crippen molar-refractivity contribution in [3.05, 3.63) is 70.1 Å². The lowest BCUT2D eigenvalue weighted by atomic mass is 10.0. The van der Waals surface area contributed by atoms with Gasteiger partial charge >= 0.3 is 0 Å². The molecule has 5 rings (SSSR count). The maximum atomic E-state index is 11.1. The minimum absolute atomic E-state index is 0.112. The molecule has 0 saturated carbocycles. The van der Waals surface area contributed by atoms with Crippen molar-refractivity contribution in [3.63, 3.8) is 0 Å². The van der Waals surface area contributed by atoms with Crippen molar-refractivity contribution in [2.75, 3.05) is 0 Å². The van der Waals surface area contributed by atoms with Crippen LogP contribution in [0.3, 0.4) is 0 Å². The van der Waals surface area contributed by atoms with Gasteiger partial charge in [-0.3, -0.25) is 9.13 Å². The molecule has 3 aromatic carbocycles. The highest BCUT2D eigenvalue weighted by atomic mass is 16.3. The van der Waals surface area contributed by atoms with E-state index in [2.05, 4.69) is 0 Å². The number of nitriles is 2. The van der Waals surface area contributed by atoms with Gasteiger partial charge < -0.3 is 30.6 Å². The van der Waals surface area contributed by atoms with Crippen molar-refractivity contribution >= 4 is 34.1 Å². The summed E-state index contributed by atoms with van der Waals surface area (Å²) >= 11 is 0. The molecule has 0 radical (unpaired) electrons. The van der Waals surface area contributed by atoms with E-state index in [1.165, 1.54) is 48.5 Å². The Morgan fingerprint density at radius 1 is 0.528 bits per heavy atom. The van der Waals surface area contributed by atoms with Gasteiger partial charge in [-0.2, -0.15) is 10.5 Å². The summed E-state index contributed by atoms with van der Waals surface area (Å²) in [6.07, 6.45) is 1.22. The lowest BCUT2D eigenvalue weighted by Crippen LogP contribution is -2.12. The van der Waals surface area contributed by atoms with Gasteiger partial charge in [0.2, 0.25) is 23.5 Å². The minimum atomic E-state index is -0.525. The first-order chi connectivity index (χ1) is 17.4. The number of hydrogen-bond donors (Lipinski definition) is 6. The van der Waals surface area contributed by atoms with E-state index in [9.17, 15) is 30.6 Å². The number of benzene rings is 3. The zero-order chi connectivity index (χ0) is 25.7. The van der Waals surface area contributed by atoms with E-state index in [1.807, 2.05) is 12.1 Å². The van der Waals surface area contributed by atoms with Gasteiger partial charge in [-0.1, -0.05) is 0 Å². The third kappa shape index (κ3) is 2.82. The largest absolute Gasteiger partial charge is 0.515 e. The van der Waals surface area contributed by atoms with Crippen molar-refractivity contribution in [3.8, 4) is 47.0 Å². The Labute approximate surface area is 201 Å². The monoisotopic (exact) mass is 480 g/mol. The Balaban J connectivity index is 1.96. The van der Waals surface area contributed by atoms with E-state index in [4.69, 9.17) is 10.5 Å². The molecule has 0 saturated heterocycles. The van der Waals surface area contributed by atoms with Crippen molar-refractivity contribution in [2.24, 2.45) is 0 Å². The molecule has 0 bridgehead atoms. The molecule has 0 amide bonds. The van der Waals surface area contributed by atoms with E-state index in [1.54, 1.807) is 0 Å². The van der Waals surface area contributed by atoms with Gasteiger partial charge in [-0.05, 0) is 48.5 Å². The average Bonchev–Trinajstić information content (AvgIpc) is 3.32. The number of rotatable bonds is 2. The second kappa shape index (κ2) is 7.94. The molecule has 0 fully saturated rings. The molecule has 0 aliphatic carbocycles. The third-order valence-corrected chi connectivity index (χ3v) is 6.09. The summed E-state index contributed by atoms with van der Waals surface area (Å²) in [6, 6.07) is 15.8. The lowest BCUT2D eigenvalue weighted by molar-refractivity contribution is 0.406. The molecule has 36 heavy (non-hydrogen) atoms. The quantitative estimate of drug-likeness (QED) is 0.223. The van der Waals surface area contributed by atoms with Crippen LogP contribution in [0.25, 0.3) is 45.4 Å². The van der Waals surface area contributed by atoms with E-state index >= 15 is 0 Å². The molecule has 0 spiro atoms. The zero-order valence-corrected chi connectivity index (χ0v) is 18.2. The molecular weight excluding hydrogens is 464 g/mol. The summed E-state index contributed by atoms with van der Waals surface area (Å²) in [5, 5.41) is 82.1. The van der Waals surface area contributed by atoms with Gasteiger partial charge in [0.1, 0.15) is 0 Å². The fourth-order valence-corrected chi connectivity index (χ4v) is 4.48. The standard InChI is InChI=1S/C26H16N4O6/c27-9-13-1-5-15(6-2-13)29-23(33)19-17(11-31)21-22(18(12-32)20(19)24(29)34)26(36)30(25(21)35)16-7-3-14(10-28)4-8-16/h1-8,11-12,31-36H. The highest BCUT2D eigenvalue weighted by Gasteiger charge is 2.28. The van der Waals surface area contributed by atoms with Crippen LogP contribution >= 0.6 is 0 Å². The molecule has 10 nitrogen and oxygen atoms in total. The smallest absolute Gasteiger partial charge is 0.207 e. The van der Waals surface area contributed by atoms with Crippen LogP contribution in [0.15, 0.2) is 48.5 Å². The first-order valence-electron chi connectivity index (χ1n) is 10.4. The Bertz CT molecular complexity index is 1690. The third-order valence-electron chi connectivity index (χ3n) is 6.09. The van der Waals surface area contributed by atoms with Crippen LogP contribution in [-0.4, -0.2) is 39.8 Å². The van der Waals surface area contributed by atoms with Crippen LogP contribution < -0.4 is 10.4 Å². The van der Waals surface area contributed by atoms with Crippen LogP contribution in [0.4, 0.5) is 0 Å². The van der Waals surface area contributed by atoms with Crippen molar-refractivity contribution < 1.29 is 30.6 Å². The molecule has 2 heterocycles. The van der Waals surface area contributed by atoms with Gasteiger partial charge in [-0.25, -0.2) is 0 Å². The summed E-state index contributed by atoms with van der Waals surface area (Å²) in [6.45, 7) is 0. The molecular formula is C26H16N4O6. The molecule has 6 N–H and O–H groups in total. The summed E-state index contributed by atoms with van der Waals surface area (Å²) < 4.78 is 2.07. The summed E-state index contributed by atoms with van der Waals surface area (Å²) in [7, 11) is 0. The number of hydrogen-bond acceptors (Lipinski definition) is 8. The molecule has 0 aliphatic rings. The van der Waals surface area contributed by atoms with E-state index in [-0.39, 0.29) is 43.4 Å². The zero-order valence-electron chi connectivity index (χ0n) is 18.2. The number of aromatic nitrogens is 2. The number of aromatic hydroxyl groups is 4. The maximum absolute atomic E-state index is 11.1. The van der Waals surface area contributed by atoms with E-state index in [0.29, 0.717) is 23.7 Å². The van der Waals surface area contributed by atoms with Crippen molar-refractivity contribution in [1.82, 2.24) is 9.13 Å². The van der Waals surface area contributed by atoms with Crippen LogP contribution in [-0.2, 0) is 0 Å². The molecule has 5 aromatic rings. The second-order valence-electron chi connectivity index (χ2n) is 7.87. The number of aliphatic hydroxyl groups excluding tert-OH is 2. The molecule has 0 atom stereocenters. The molecule has 2 aromatic heterocycles. The Kier molecular flexibility index (Phi) is 4.87. The molecule has 176 valence electrons. The lowest BCUT2D eigenvalue weighted by Gasteiger charge is -2.07. The first-order valence-corrected chi connectivity index (χ1v) is 10.4. The van der Waals surface area contributed by atoms with Crippen LogP contribution in [0.5, 0.6) is 23.5 Å². The van der Waals surface area contributed by atoms with Gasteiger partial charge in [0.15, 0.2) is 0 Å². The van der Waals surface area contributed by atoms with E-state index < -0.39 is 23.5 Å². The number of aliphatic hydroxyl groups is 2. The van der Waals surface area contributed by atoms with Crippen LogP contribution in [0, 0.1) is 22.7 Å². The normalized spacial score (nSPS) is 10.8. The number of fused-ring (bicyclic) bond motifs is 2. The first kappa shape index (κ1) is 22.1. The average molecular weight is 480 g/mol. The SMILES string of the molecule is N#Cc1ccc(-n2c(O)c3c(=CO)c4c(O)n(-c5ccc(C#N)cc5)c(O)c4c(=CO)c3c2O)cc1. The Hall–Kier alpha value is -5.74. The summed E-state index contributed by atoms with van der Waals surface area (Å²) in [5.41, 5.74) is 1.25. The van der Waals surface area contributed by atoms with Crippen molar-refractivity contribution in [1.29, 1.82) is 10.5 Å². The van der Waals surface area contributed by atoms with Crippen LogP contribution in [0.1, 0.15) is 11.1 Å². The predicted octanol–water partition coefficient (Wildman–Crippen LogP) is 2.73. The van der Waals surface area contributed by atoms with Crippen molar-refractivity contribution in [2.45, 2.75) is 0 Å². The fourth-order valence-electron chi connectivity index (χ4n) is 4.48. The van der Waals surface area contributed by atoms with Gasteiger partial charge in [-0.15, -0.1) is 0 Å². The number of nitrogens with zero attached hydrogens (tertiary/aromatic N) is 4. The molecule has 10 heteroatoms. The Morgan fingerprint density at radius 2 is 0.806 bits per heavy atom. The van der Waals surface area contributed by atoms with Gasteiger partial charge in [0, 0.05) is 10.4 Å². The molecule has 0 unspecified atom stereocenters. The van der Waals surface area contributed by atoms with Gasteiger partial charge in [0.05, 0.1) is 68.7 Å². The highest BCUT2D eigenvalue weighted by Crippen LogP contribution is 2.41. The van der Waals surface area contributed by atoms with Gasteiger partial charge in [0.25, 0.3) is 0 Å². The van der Waals surface area contributed by atoms with E-state index in [0.717, 1.165) is 9.13 Å². The Morgan fingerprint density at radius 3 is 1.03 bits per heavy atom. The predicted molar refractivity (Wildman–Crippen MR) is 130 cm³/mol. The highest BCUT2D eigenvalue weighted by molar-refractivity contribution is 6.09. The molecule has 0 aliphatic heterocycles. The fraction of sp³-hybridized carbons (Fsp3) is 0. The summed E-state index contributed by atoms with van der Waals surface area (Å²) in [4.78, 5) is 0.